The molecule has 3 rings (SSSR count). The van der Waals surface area contributed by atoms with Gasteiger partial charge in [-0.3, -0.25) is 9.69 Å². The van der Waals surface area contributed by atoms with Crippen LogP contribution in [0.15, 0.2) is 41.8 Å². The Balaban J connectivity index is 1.61. The van der Waals surface area contributed by atoms with E-state index < -0.39 is 5.82 Å². The normalized spacial score (nSPS) is 17.3. The van der Waals surface area contributed by atoms with Gasteiger partial charge in [0.05, 0.1) is 18.3 Å². The van der Waals surface area contributed by atoms with Gasteiger partial charge in [0.2, 0.25) is 5.91 Å². The van der Waals surface area contributed by atoms with Crippen LogP contribution in [0.3, 0.4) is 0 Å². The van der Waals surface area contributed by atoms with Crippen molar-refractivity contribution in [3.8, 4) is 0 Å². The third-order valence-electron chi connectivity index (χ3n) is 3.96. The molecule has 1 fully saturated rings. The molecule has 1 atom stereocenters. The van der Waals surface area contributed by atoms with E-state index in [0.29, 0.717) is 13.1 Å². The van der Waals surface area contributed by atoms with Gasteiger partial charge in [-0.2, -0.15) is 0 Å². The predicted molar refractivity (Wildman–Crippen MR) is 93.6 cm³/mol. The Bertz CT molecular complexity index is 657. The van der Waals surface area contributed by atoms with Gasteiger partial charge in [0, 0.05) is 24.6 Å². The number of nitrogens with one attached hydrogen (secondary N) is 1. The Hall–Kier alpha value is -1.76. The number of anilines is 1. The van der Waals surface area contributed by atoms with Gasteiger partial charge in [0.25, 0.3) is 0 Å². The van der Waals surface area contributed by atoms with Crippen molar-refractivity contribution in [3.05, 3.63) is 52.5 Å². The third-order valence-corrected chi connectivity index (χ3v) is 4.82. The van der Waals surface area contributed by atoms with Crippen LogP contribution in [0.1, 0.15) is 17.7 Å². The summed E-state index contributed by atoms with van der Waals surface area (Å²) in [5.41, 5.74) is 0.218. The molecule has 24 heavy (non-hydrogen) atoms. The molecule has 1 aromatic heterocycles. The maximum absolute atomic E-state index is 13.7. The molecule has 2 aromatic rings. The molecule has 4 nitrogen and oxygen atoms in total. The number of thiophene rings is 1. The smallest absolute Gasteiger partial charge is 0.238 e. The van der Waals surface area contributed by atoms with E-state index in [-0.39, 0.29) is 24.2 Å². The van der Waals surface area contributed by atoms with Crippen molar-refractivity contribution in [1.29, 1.82) is 0 Å². The quantitative estimate of drug-likeness (QED) is 0.833. The fourth-order valence-corrected chi connectivity index (χ4v) is 3.59. The summed E-state index contributed by atoms with van der Waals surface area (Å²) in [7, 11) is 0. The number of benzene rings is 1. The summed E-state index contributed by atoms with van der Waals surface area (Å²) in [6, 6.07) is 10.3. The first-order valence-electron chi connectivity index (χ1n) is 8.11. The summed E-state index contributed by atoms with van der Waals surface area (Å²) in [5, 5.41) is 4.68. The number of carbonyl (C=O) groups excluding carboxylic acids is 1. The van der Waals surface area contributed by atoms with Crippen LogP contribution < -0.4 is 5.32 Å². The van der Waals surface area contributed by atoms with Gasteiger partial charge < -0.3 is 10.1 Å². The highest BCUT2D eigenvalue weighted by Gasteiger charge is 2.21. The van der Waals surface area contributed by atoms with Gasteiger partial charge >= 0.3 is 0 Å². The number of rotatable bonds is 7. The van der Waals surface area contributed by atoms with Gasteiger partial charge in [-0.15, -0.1) is 11.3 Å². The highest BCUT2D eigenvalue weighted by molar-refractivity contribution is 7.09. The van der Waals surface area contributed by atoms with E-state index in [1.54, 1.807) is 29.5 Å². The second-order valence-corrected chi connectivity index (χ2v) is 6.94. The Morgan fingerprint density at radius 3 is 2.92 bits per heavy atom. The molecule has 0 aliphatic carbocycles. The SMILES string of the molecule is O=C(CN(Cc1cccs1)CC1CCCO1)Nc1ccccc1F. The Morgan fingerprint density at radius 1 is 1.33 bits per heavy atom. The van der Waals surface area contributed by atoms with Crippen molar-refractivity contribution in [1.82, 2.24) is 4.90 Å². The predicted octanol–water partition coefficient (Wildman–Crippen LogP) is 3.51. The largest absolute Gasteiger partial charge is 0.377 e. The van der Waals surface area contributed by atoms with Crippen LogP contribution in [0.25, 0.3) is 0 Å². The second-order valence-electron chi connectivity index (χ2n) is 5.91. The van der Waals surface area contributed by atoms with Crippen LogP contribution in [0.4, 0.5) is 10.1 Å². The number of ether oxygens (including phenoxy) is 1. The highest BCUT2D eigenvalue weighted by Crippen LogP contribution is 2.18. The minimum Gasteiger partial charge on any atom is -0.377 e. The summed E-state index contributed by atoms with van der Waals surface area (Å²) in [4.78, 5) is 15.6. The summed E-state index contributed by atoms with van der Waals surface area (Å²) in [6.07, 6.45) is 2.26. The zero-order valence-corrected chi connectivity index (χ0v) is 14.2. The van der Waals surface area contributed by atoms with Gasteiger partial charge in [0.15, 0.2) is 0 Å². The zero-order chi connectivity index (χ0) is 16.8. The van der Waals surface area contributed by atoms with Crippen molar-refractivity contribution < 1.29 is 13.9 Å². The third kappa shape index (κ3) is 4.87. The molecule has 1 aliphatic heterocycles. The lowest BCUT2D eigenvalue weighted by Crippen LogP contribution is -2.37. The lowest BCUT2D eigenvalue weighted by atomic mass is 10.2. The Labute approximate surface area is 145 Å². The fraction of sp³-hybridized carbons (Fsp3) is 0.389. The molecule has 128 valence electrons. The molecule has 0 spiro atoms. The average Bonchev–Trinajstić information content (AvgIpc) is 3.23. The van der Waals surface area contributed by atoms with Crippen LogP contribution in [0, 0.1) is 5.82 Å². The van der Waals surface area contributed by atoms with Gasteiger partial charge in [0.1, 0.15) is 5.82 Å². The van der Waals surface area contributed by atoms with Crippen molar-refractivity contribution in [2.24, 2.45) is 0 Å². The standard InChI is InChI=1S/C18H21FN2O2S/c19-16-7-1-2-8-17(16)20-18(22)13-21(11-14-5-3-9-23-14)12-15-6-4-10-24-15/h1-2,4,6-8,10,14H,3,5,9,11-13H2,(H,20,22). The van der Waals surface area contributed by atoms with Crippen LogP contribution in [-0.2, 0) is 16.1 Å². The van der Waals surface area contributed by atoms with Crippen molar-refractivity contribution in [3.63, 3.8) is 0 Å². The molecule has 6 heteroatoms. The van der Waals surface area contributed by atoms with Gasteiger partial charge in [-0.05, 0) is 36.4 Å². The number of hydrogen-bond donors (Lipinski definition) is 1. The molecule has 1 N–H and O–H groups in total. The molecule has 0 radical (unpaired) electrons. The molecular formula is C18H21FN2O2S. The van der Waals surface area contributed by atoms with Gasteiger partial charge in [-0.1, -0.05) is 18.2 Å². The summed E-state index contributed by atoms with van der Waals surface area (Å²) in [5.74, 6) is -0.635. The Morgan fingerprint density at radius 2 is 2.21 bits per heavy atom. The van der Waals surface area contributed by atoms with E-state index in [2.05, 4.69) is 16.3 Å². The average molecular weight is 348 g/mol. The van der Waals surface area contributed by atoms with E-state index >= 15 is 0 Å². The minimum atomic E-state index is -0.421. The van der Waals surface area contributed by atoms with Crippen LogP contribution in [0.2, 0.25) is 0 Å². The monoisotopic (exact) mass is 348 g/mol. The fourth-order valence-electron chi connectivity index (χ4n) is 2.84. The zero-order valence-electron chi connectivity index (χ0n) is 13.4. The summed E-state index contributed by atoms with van der Waals surface area (Å²) >= 11 is 1.67. The van der Waals surface area contributed by atoms with Crippen molar-refractivity contribution >= 4 is 22.9 Å². The maximum atomic E-state index is 13.7. The lowest BCUT2D eigenvalue weighted by molar-refractivity contribution is -0.117. The molecular weight excluding hydrogens is 327 g/mol. The lowest BCUT2D eigenvalue weighted by Gasteiger charge is -2.24. The molecule has 2 heterocycles. The van der Waals surface area contributed by atoms with Crippen molar-refractivity contribution in [2.45, 2.75) is 25.5 Å². The number of halogens is 1. The number of carbonyl (C=O) groups is 1. The second kappa shape index (κ2) is 8.37. The highest BCUT2D eigenvalue weighted by atomic mass is 32.1. The number of amides is 1. The van der Waals surface area contributed by atoms with Crippen LogP contribution in [-0.4, -0.2) is 36.6 Å². The molecule has 1 aliphatic rings. The van der Waals surface area contributed by atoms with E-state index in [9.17, 15) is 9.18 Å². The molecule has 1 amide bonds. The first-order chi connectivity index (χ1) is 11.7. The van der Waals surface area contributed by atoms with Crippen LogP contribution >= 0.6 is 11.3 Å². The topological polar surface area (TPSA) is 41.6 Å². The Kier molecular flexibility index (Phi) is 5.96. The van der Waals surface area contributed by atoms with Crippen molar-refractivity contribution in [2.75, 3.05) is 25.0 Å². The summed E-state index contributed by atoms with van der Waals surface area (Å²) in [6.45, 7) is 2.41. The number of nitrogens with zero attached hydrogens (tertiary/aromatic N) is 1. The van der Waals surface area contributed by atoms with E-state index in [1.807, 2.05) is 11.4 Å². The summed E-state index contributed by atoms with van der Waals surface area (Å²) < 4.78 is 19.4. The van der Waals surface area contributed by atoms with Gasteiger partial charge in [-0.25, -0.2) is 4.39 Å². The minimum absolute atomic E-state index is 0.172. The van der Waals surface area contributed by atoms with E-state index in [1.165, 1.54) is 10.9 Å². The molecule has 0 bridgehead atoms. The number of para-hydroxylation sites is 1. The van der Waals surface area contributed by atoms with Crippen LogP contribution in [0.5, 0.6) is 0 Å². The molecule has 1 unspecified atom stereocenters. The molecule has 1 saturated heterocycles. The first-order valence-corrected chi connectivity index (χ1v) is 8.99. The van der Waals surface area contributed by atoms with E-state index in [4.69, 9.17) is 4.74 Å². The maximum Gasteiger partial charge on any atom is 0.238 e. The van der Waals surface area contributed by atoms with E-state index in [0.717, 1.165) is 19.4 Å². The molecule has 0 saturated carbocycles. The number of hydrogen-bond acceptors (Lipinski definition) is 4. The molecule has 1 aromatic carbocycles. The first kappa shape index (κ1) is 17.1.